The standard InChI is InChI=1S/C24H22N2O5S/c1-14-8-10-32-23(14)20-19(21(27)17-11-16(30-2)6-7-18(17)31-3)22(28)24(29)26(20)13-15-5-4-9-25-12-15/h4-12,20,27H,13H2,1-3H3/b21-19+. The molecular formula is C24H22N2O5S. The number of thiophene rings is 1. The smallest absolute Gasteiger partial charge is 0.295 e. The molecule has 7 nitrogen and oxygen atoms in total. The number of aliphatic hydroxyl groups is 1. The third-order valence-corrected chi connectivity index (χ3v) is 6.50. The van der Waals surface area contributed by atoms with Crippen molar-refractivity contribution in [3.63, 3.8) is 0 Å². The Morgan fingerprint density at radius 1 is 1.19 bits per heavy atom. The van der Waals surface area contributed by atoms with Crippen molar-refractivity contribution in [1.29, 1.82) is 0 Å². The van der Waals surface area contributed by atoms with Gasteiger partial charge in [0.05, 0.1) is 25.4 Å². The van der Waals surface area contributed by atoms with Crippen LogP contribution in [0.3, 0.4) is 0 Å². The summed E-state index contributed by atoms with van der Waals surface area (Å²) in [6, 6.07) is 9.74. The maximum atomic E-state index is 13.2. The van der Waals surface area contributed by atoms with E-state index in [1.54, 1.807) is 36.7 Å². The number of ether oxygens (including phenoxy) is 2. The molecule has 8 heteroatoms. The Kier molecular flexibility index (Phi) is 5.96. The van der Waals surface area contributed by atoms with Gasteiger partial charge in [0.15, 0.2) is 0 Å². The maximum absolute atomic E-state index is 13.2. The zero-order chi connectivity index (χ0) is 22.8. The lowest BCUT2D eigenvalue weighted by molar-refractivity contribution is -0.140. The van der Waals surface area contributed by atoms with Gasteiger partial charge in [0.25, 0.3) is 11.7 Å². The van der Waals surface area contributed by atoms with Gasteiger partial charge in [-0.05, 0) is 53.8 Å². The van der Waals surface area contributed by atoms with Gasteiger partial charge in [-0.3, -0.25) is 14.6 Å². The van der Waals surface area contributed by atoms with Crippen LogP contribution in [0.15, 0.2) is 59.7 Å². The van der Waals surface area contributed by atoms with E-state index in [-0.39, 0.29) is 23.4 Å². The van der Waals surface area contributed by atoms with Gasteiger partial charge < -0.3 is 19.5 Å². The summed E-state index contributed by atoms with van der Waals surface area (Å²) in [4.78, 5) is 32.7. The molecule has 0 aliphatic carbocycles. The minimum Gasteiger partial charge on any atom is -0.507 e. The molecule has 1 aliphatic rings. The Morgan fingerprint density at radius 3 is 2.62 bits per heavy atom. The number of carbonyl (C=O) groups excluding carboxylic acids is 2. The highest BCUT2D eigenvalue weighted by Crippen LogP contribution is 2.44. The Balaban J connectivity index is 1.91. The summed E-state index contributed by atoms with van der Waals surface area (Å²) < 4.78 is 10.7. The van der Waals surface area contributed by atoms with Crippen LogP contribution in [0.25, 0.3) is 5.76 Å². The Morgan fingerprint density at radius 2 is 2.00 bits per heavy atom. The van der Waals surface area contributed by atoms with Crippen LogP contribution in [0.1, 0.15) is 27.6 Å². The van der Waals surface area contributed by atoms with Crippen molar-refractivity contribution in [3.05, 3.63) is 81.3 Å². The molecule has 1 aromatic carbocycles. The first-order valence-corrected chi connectivity index (χ1v) is 10.8. The molecular weight excluding hydrogens is 428 g/mol. The van der Waals surface area contributed by atoms with Crippen molar-refractivity contribution < 1.29 is 24.2 Å². The van der Waals surface area contributed by atoms with Crippen molar-refractivity contribution >= 4 is 28.8 Å². The van der Waals surface area contributed by atoms with Crippen LogP contribution in [0, 0.1) is 6.92 Å². The van der Waals surface area contributed by atoms with E-state index in [2.05, 4.69) is 4.98 Å². The molecule has 2 aromatic heterocycles. The quantitative estimate of drug-likeness (QED) is 0.346. The molecule has 0 radical (unpaired) electrons. The Hall–Kier alpha value is -3.65. The second-order valence-corrected chi connectivity index (χ2v) is 8.27. The molecule has 32 heavy (non-hydrogen) atoms. The van der Waals surface area contributed by atoms with E-state index in [4.69, 9.17) is 9.47 Å². The molecule has 3 heterocycles. The maximum Gasteiger partial charge on any atom is 0.295 e. The molecule has 164 valence electrons. The summed E-state index contributed by atoms with van der Waals surface area (Å²) in [5.74, 6) is -0.862. The summed E-state index contributed by atoms with van der Waals surface area (Å²) in [7, 11) is 2.98. The van der Waals surface area contributed by atoms with Crippen molar-refractivity contribution in [3.8, 4) is 11.5 Å². The normalized spacial score (nSPS) is 17.6. The number of aliphatic hydroxyl groups excluding tert-OH is 1. The van der Waals surface area contributed by atoms with Crippen molar-refractivity contribution in [2.24, 2.45) is 0 Å². The summed E-state index contributed by atoms with van der Waals surface area (Å²) in [5, 5.41) is 13.2. The Labute approximate surface area is 189 Å². The van der Waals surface area contributed by atoms with Gasteiger partial charge in [-0.15, -0.1) is 11.3 Å². The first-order chi connectivity index (χ1) is 15.5. The minimum absolute atomic E-state index is 0.0241. The van der Waals surface area contributed by atoms with Crippen LogP contribution < -0.4 is 9.47 Å². The number of hydrogen-bond donors (Lipinski definition) is 1. The van der Waals surface area contributed by atoms with Gasteiger partial charge in [-0.2, -0.15) is 0 Å². The number of benzene rings is 1. The van der Waals surface area contributed by atoms with Gasteiger partial charge in [0, 0.05) is 23.8 Å². The summed E-state index contributed by atoms with van der Waals surface area (Å²) >= 11 is 1.44. The first kappa shape index (κ1) is 21.6. The molecule has 1 N–H and O–H groups in total. The number of hydrogen-bond acceptors (Lipinski definition) is 7. The molecule has 1 fully saturated rings. The third-order valence-electron chi connectivity index (χ3n) is 5.43. The van der Waals surface area contributed by atoms with Crippen molar-refractivity contribution in [2.75, 3.05) is 14.2 Å². The van der Waals surface area contributed by atoms with E-state index < -0.39 is 17.7 Å². The average Bonchev–Trinajstić information content (AvgIpc) is 3.34. The van der Waals surface area contributed by atoms with E-state index >= 15 is 0 Å². The topological polar surface area (TPSA) is 89.0 Å². The third kappa shape index (κ3) is 3.73. The predicted molar refractivity (Wildman–Crippen MR) is 121 cm³/mol. The van der Waals surface area contributed by atoms with Crippen LogP contribution in [0.2, 0.25) is 0 Å². The predicted octanol–water partition coefficient (Wildman–Crippen LogP) is 4.09. The van der Waals surface area contributed by atoms with Gasteiger partial charge in [0.2, 0.25) is 0 Å². The van der Waals surface area contributed by atoms with Gasteiger partial charge in [-0.25, -0.2) is 0 Å². The number of methoxy groups -OCH3 is 2. The van der Waals surface area contributed by atoms with E-state index in [9.17, 15) is 14.7 Å². The number of pyridine rings is 1. The lowest BCUT2D eigenvalue weighted by Gasteiger charge is -2.25. The number of amides is 1. The molecule has 1 aliphatic heterocycles. The molecule has 1 saturated heterocycles. The molecule has 4 rings (SSSR count). The number of aryl methyl sites for hydroxylation is 1. The Bertz CT molecular complexity index is 1200. The lowest BCUT2D eigenvalue weighted by atomic mass is 9.97. The lowest BCUT2D eigenvalue weighted by Crippen LogP contribution is -2.29. The van der Waals surface area contributed by atoms with E-state index in [1.807, 2.05) is 24.4 Å². The van der Waals surface area contributed by atoms with Crippen LogP contribution in [0.5, 0.6) is 11.5 Å². The molecule has 0 spiro atoms. The van der Waals surface area contributed by atoms with Gasteiger partial charge >= 0.3 is 0 Å². The highest BCUT2D eigenvalue weighted by Gasteiger charge is 2.47. The SMILES string of the molecule is COc1ccc(OC)c(/C(O)=C2\C(=O)C(=O)N(Cc3cccnc3)C2c2sccc2C)c1. The highest BCUT2D eigenvalue weighted by atomic mass is 32.1. The average molecular weight is 451 g/mol. The largest absolute Gasteiger partial charge is 0.507 e. The number of rotatable bonds is 6. The molecule has 1 atom stereocenters. The van der Waals surface area contributed by atoms with Crippen LogP contribution >= 0.6 is 11.3 Å². The zero-order valence-electron chi connectivity index (χ0n) is 17.9. The fourth-order valence-corrected chi connectivity index (χ4v) is 4.86. The van der Waals surface area contributed by atoms with Crippen LogP contribution in [-0.4, -0.2) is 40.9 Å². The van der Waals surface area contributed by atoms with E-state index in [0.29, 0.717) is 11.5 Å². The van der Waals surface area contributed by atoms with Crippen LogP contribution in [-0.2, 0) is 16.1 Å². The number of ketones is 1. The second-order valence-electron chi connectivity index (χ2n) is 7.32. The van der Waals surface area contributed by atoms with Crippen molar-refractivity contribution in [2.45, 2.75) is 19.5 Å². The number of likely N-dealkylation sites (tertiary alicyclic amines) is 1. The van der Waals surface area contributed by atoms with Gasteiger partial charge in [0.1, 0.15) is 23.3 Å². The minimum atomic E-state index is -0.742. The van der Waals surface area contributed by atoms with E-state index in [0.717, 1.165) is 16.0 Å². The number of Topliss-reactive ketones (excluding diaryl/α,β-unsaturated/α-hetero) is 1. The van der Waals surface area contributed by atoms with E-state index in [1.165, 1.54) is 30.5 Å². The van der Waals surface area contributed by atoms with Gasteiger partial charge in [-0.1, -0.05) is 6.07 Å². The van der Waals surface area contributed by atoms with Crippen molar-refractivity contribution in [1.82, 2.24) is 9.88 Å². The molecule has 3 aromatic rings. The fourth-order valence-electron chi connectivity index (χ4n) is 3.81. The molecule has 0 saturated carbocycles. The first-order valence-electron chi connectivity index (χ1n) is 9.90. The molecule has 0 bridgehead atoms. The number of carbonyl (C=O) groups is 2. The number of nitrogens with zero attached hydrogens (tertiary/aromatic N) is 2. The highest BCUT2D eigenvalue weighted by molar-refractivity contribution is 7.10. The van der Waals surface area contributed by atoms with Crippen LogP contribution in [0.4, 0.5) is 0 Å². The molecule has 1 unspecified atom stereocenters. The summed E-state index contributed by atoms with van der Waals surface area (Å²) in [6.07, 6.45) is 3.30. The number of aromatic nitrogens is 1. The zero-order valence-corrected chi connectivity index (χ0v) is 18.7. The fraction of sp³-hybridized carbons (Fsp3) is 0.208. The molecule has 1 amide bonds. The summed E-state index contributed by atoms with van der Waals surface area (Å²) in [6.45, 7) is 2.11. The summed E-state index contributed by atoms with van der Waals surface area (Å²) in [5.41, 5.74) is 2.02. The monoisotopic (exact) mass is 450 g/mol. The second kappa shape index (κ2) is 8.84.